The van der Waals surface area contributed by atoms with Crippen molar-refractivity contribution in [2.45, 2.75) is 25.3 Å². The lowest BCUT2D eigenvalue weighted by Gasteiger charge is -2.17. The van der Waals surface area contributed by atoms with E-state index in [1.165, 1.54) is 10.1 Å². The number of benzene rings is 2. The molecule has 1 fully saturated rings. The van der Waals surface area contributed by atoms with Crippen LogP contribution in [0.1, 0.15) is 34.7 Å². The third-order valence-electron chi connectivity index (χ3n) is 5.82. The Morgan fingerprint density at radius 1 is 1.03 bits per heavy atom. The van der Waals surface area contributed by atoms with E-state index in [-0.39, 0.29) is 0 Å². The molecule has 1 atom stereocenters. The number of aromatic nitrogens is 2. The maximum atomic E-state index is 12.9. The zero-order valence-corrected chi connectivity index (χ0v) is 20.3. The van der Waals surface area contributed by atoms with Crippen LogP contribution < -0.4 is 11.2 Å². The number of likely N-dealkylation sites (tertiary alicyclic amines) is 1. The molecule has 0 bridgehead atoms. The second-order valence-electron chi connectivity index (χ2n) is 7.96. The van der Waals surface area contributed by atoms with Gasteiger partial charge in [0.25, 0.3) is 11.5 Å². The van der Waals surface area contributed by atoms with Gasteiger partial charge >= 0.3 is 5.69 Å². The largest absolute Gasteiger partial charge is 0.338 e. The number of rotatable bonds is 6. The Kier molecular flexibility index (Phi) is 7.27. The zero-order valence-electron chi connectivity index (χ0n) is 17.4. The number of nitrogens with zero attached hydrogens (tertiary/aromatic N) is 3. The monoisotopic (exact) mass is 563 g/mol. The van der Waals surface area contributed by atoms with Crippen molar-refractivity contribution in [3.8, 4) is 0 Å². The molecule has 8 heteroatoms. The van der Waals surface area contributed by atoms with Crippen LogP contribution in [0.25, 0.3) is 0 Å². The minimum absolute atomic E-state index is 0.311. The summed E-state index contributed by atoms with van der Waals surface area (Å²) in [6.45, 7) is 3.27. The Balaban J connectivity index is 1.42. The molecule has 0 unspecified atom stereocenters. The Morgan fingerprint density at radius 2 is 1.75 bits per heavy atom. The summed E-state index contributed by atoms with van der Waals surface area (Å²) in [4.78, 5) is 40.6. The molecule has 3 aromatic rings. The van der Waals surface area contributed by atoms with Gasteiger partial charge in [-0.15, -0.1) is 0 Å². The van der Waals surface area contributed by atoms with Crippen LogP contribution in [0.3, 0.4) is 0 Å². The highest BCUT2D eigenvalue weighted by Gasteiger charge is 2.23. The predicted octanol–water partition coefficient (Wildman–Crippen LogP) is 3.84. The fraction of sp³-hybridized carbons (Fsp3) is 0.292. The van der Waals surface area contributed by atoms with E-state index in [0.717, 1.165) is 42.1 Å². The molecule has 0 aliphatic carbocycles. The molecular weight excluding hydrogens is 541 g/mol. The van der Waals surface area contributed by atoms with E-state index in [4.69, 9.17) is 11.6 Å². The molecule has 2 heterocycles. The van der Waals surface area contributed by atoms with Gasteiger partial charge in [0.2, 0.25) is 0 Å². The molecule has 4 rings (SSSR count). The predicted molar refractivity (Wildman–Crippen MR) is 134 cm³/mol. The van der Waals surface area contributed by atoms with Gasteiger partial charge in [0.05, 0.1) is 3.57 Å². The average molecular weight is 564 g/mol. The Morgan fingerprint density at radius 3 is 2.47 bits per heavy atom. The number of hydrogen-bond donors (Lipinski definition) is 0. The van der Waals surface area contributed by atoms with E-state index in [9.17, 15) is 14.4 Å². The topological polar surface area (TPSA) is 64.3 Å². The van der Waals surface area contributed by atoms with Gasteiger partial charge in [-0.25, -0.2) is 4.79 Å². The molecule has 2 aromatic carbocycles. The highest BCUT2D eigenvalue weighted by molar-refractivity contribution is 14.1. The first kappa shape index (κ1) is 22.9. The minimum Gasteiger partial charge on any atom is -0.303 e. The first-order valence-electron chi connectivity index (χ1n) is 10.5. The Bertz CT molecular complexity index is 1220. The van der Waals surface area contributed by atoms with Crippen LogP contribution >= 0.6 is 34.2 Å². The smallest absolute Gasteiger partial charge is 0.303 e. The molecule has 166 valence electrons. The van der Waals surface area contributed by atoms with E-state index in [0.29, 0.717) is 21.6 Å². The third kappa shape index (κ3) is 5.05. The molecule has 6 nitrogen and oxygen atoms in total. The van der Waals surface area contributed by atoms with E-state index < -0.39 is 17.2 Å². The van der Waals surface area contributed by atoms with Gasteiger partial charge < -0.3 is 4.90 Å². The summed E-state index contributed by atoms with van der Waals surface area (Å²) in [5.41, 5.74) is 0.440. The number of halogens is 2. The summed E-state index contributed by atoms with van der Waals surface area (Å²) >= 11 is 7.87. The molecule has 0 amide bonds. The van der Waals surface area contributed by atoms with Crippen molar-refractivity contribution in [2.24, 2.45) is 0 Å². The lowest BCUT2D eigenvalue weighted by molar-refractivity contribution is 0.0948. The molecule has 0 N–H and O–H groups in total. The van der Waals surface area contributed by atoms with Crippen molar-refractivity contribution in [3.05, 3.63) is 101 Å². The molecular formula is C24H23ClIN3O3. The Labute approximate surface area is 204 Å². The molecule has 1 aliphatic rings. The summed E-state index contributed by atoms with van der Waals surface area (Å²) in [6, 6.07) is 16.4. The van der Waals surface area contributed by atoms with Gasteiger partial charge in [0, 0.05) is 29.9 Å². The molecule has 1 aromatic heterocycles. The molecule has 32 heavy (non-hydrogen) atoms. The van der Waals surface area contributed by atoms with Crippen molar-refractivity contribution in [1.29, 1.82) is 0 Å². The number of aryl methyl sites for hydroxylation is 1. The molecule has 0 radical (unpaired) electrons. The van der Waals surface area contributed by atoms with Gasteiger partial charge in [-0.2, -0.15) is 4.57 Å². The lowest BCUT2D eigenvalue weighted by atomic mass is 9.99. The van der Waals surface area contributed by atoms with Crippen LogP contribution in [0.15, 0.2) is 70.4 Å². The van der Waals surface area contributed by atoms with Crippen LogP contribution in [0.4, 0.5) is 0 Å². The van der Waals surface area contributed by atoms with Crippen molar-refractivity contribution < 1.29 is 4.79 Å². The average Bonchev–Trinajstić information content (AvgIpc) is 3.27. The highest BCUT2D eigenvalue weighted by Crippen LogP contribution is 2.28. The first-order chi connectivity index (χ1) is 15.4. The lowest BCUT2D eigenvalue weighted by Crippen LogP contribution is -2.45. The number of hydrogen-bond acceptors (Lipinski definition) is 4. The van der Waals surface area contributed by atoms with Crippen LogP contribution in [0.2, 0.25) is 5.02 Å². The maximum absolute atomic E-state index is 12.9. The number of carbonyl (C=O) groups is 1. The van der Waals surface area contributed by atoms with Gasteiger partial charge in [0.1, 0.15) is 0 Å². The molecule has 1 saturated heterocycles. The fourth-order valence-corrected chi connectivity index (χ4v) is 4.83. The van der Waals surface area contributed by atoms with Crippen molar-refractivity contribution >= 4 is 40.1 Å². The quantitative estimate of drug-likeness (QED) is 0.428. The van der Waals surface area contributed by atoms with Crippen molar-refractivity contribution in [1.82, 2.24) is 14.0 Å². The van der Waals surface area contributed by atoms with Crippen molar-refractivity contribution in [3.63, 3.8) is 0 Å². The van der Waals surface area contributed by atoms with E-state index in [1.807, 2.05) is 34.7 Å². The van der Waals surface area contributed by atoms with Crippen LogP contribution in [-0.2, 0) is 6.54 Å². The SMILES string of the molecule is O=C(c1ccccc1)n1c(=O)c(I)cn(CCCN2CC[C@@H](c3ccc(Cl)cc3)C2)c1=O. The van der Waals surface area contributed by atoms with Crippen molar-refractivity contribution in [2.75, 3.05) is 19.6 Å². The fourth-order valence-electron chi connectivity index (χ4n) is 4.13. The van der Waals surface area contributed by atoms with E-state index in [2.05, 4.69) is 17.0 Å². The first-order valence-corrected chi connectivity index (χ1v) is 12.0. The molecule has 0 spiro atoms. The summed E-state index contributed by atoms with van der Waals surface area (Å²) in [7, 11) is 0. The van der Waals surface area contributed by atoms with Gasteiger partial charge in [-0.3, -0.25) is 14.2 Å². The second kappa shape index (κ2) is 10.1. The van der Waals surface area contributed by atoms with Crippen LogP contribution in [0, 0.1) is 3.57 Å². The molecule has 0 saturated carbocycles. The standard InChI is InChI=1S/C24H23ClIN3O3/c25-20-9-7-17(8-10-20)19-11-14-27(15-19)12-4-13-28-16-21(26)23(31)29(24(28)32)22(30)18-5-2-1-3-6-18/h1-3,5-10,16,19H,4,11-15H2/t19-/m1/s1. The van der Waals surface area contributed by atoms with E-state index >= 15 is 0 Å². The summed E-state index contributed by atoms with van der Waals surface area (Å²) in [5.74, 6) is -0.112. The zero-order chi connectivity index (χ0) is 22.7. The maximum Gasteiger partial charge on any atom is 0.338 e. The molecule has 1 aliphatic heterocycles. The normalized spacial score (nSPS) is 16.4. The second-order valence-corrected chi connectivity index (χ2v) is 9.55. The van der Waals surface area contributed by atoms with Gasteiger partial charge in [-0.1, -0.05) is 41.9 Å². The summed E-state index contributed by atoms with van der Waals surface area (Å²) in [5, 5.41) is 0.746. The van der Waals surface area contributed by atoms with E-state index in [1.54, 1.807) is 36.5 Å². The summed E-state index contributed by atoms with van der Waals surface area (Å²) in [6.07, 6.45) is 3.39. The number of carbonyl (C=O) groups excluding carboxylic acids is 1. The minimum atomic E-state index is -0.599. The Hall–Kier alpha value is -2.23. The van der Waals surface area contributed by atoms with Crippen LogP contribution in [0.5, 0.6) is 0 Å². The summed E-state index contributed by atoms with van der Waals surface area (Å²) < 4.78 is 2.55. The third-order valence-corrected chi connectivity index (χ3v) is 6.82. The van der Waals surface area contributed by atoms with Gasteiger partial charge in [-0.05, 0) is 84.3 Å². The highest BCUT2D eigenvalue weighted by atomic mass is 127. The van der Waals surface area contributed by atoms with Gasteiger partial charge in [0.15, 0.2) is 0 Å². The van der Waals surface area contributed by atoms with Crippen LogP contribution in [-0.4, -0.2) is 39.6 Å².